The minimum atomic E-state index is -0.513. The SMILES string of the molecule is CC1(NCC(O)c2ccc(N)nc2)CCCC1.Cl.Cl. The zero-order valence-corrected chi connectivity index (χ0v) is 12.8. The molecule has 0 aliphatic heterocycles. The number of nitrogen functional groups attached to an aromatic ring is 1. The lowest BCUT2D eigenvalue weighted by Crippen LogP contribution is -2.41. The lowest BCUT2D eigenvalue weighted by Gasteiger charge is -2.27. The Morgan fingerprint density at radius 1 is 1.37 bits per heavy atom. The summed E-state index contributed by atoms with van der Waals surface area (Å²) < 4.78 is 0. The second-order valence-corrected chi connectivity index (χ2v) is 5.18. The number of hydrogen-bond acceptors (Lipinski definition) is 4. The molecule has 1 aromatic rings. The molecule has 4 N–H and O–H groups in total. The van der Waals surface area contributed by atoms with Crippen LogP contribution in [0.15, 0.2) is 18.3 Å². The first kappa shape index (κ1) is 18.4. The maximum atomic E-state index is 10.0. The minimum absolute atomic E-state index is 0. The maximum Gasteiger partial charge on any atom is 0.123 e. The van der Waals surface area contributed by atoms with Gasteiger partial charge in [-0.1, -0.05) is 18.9 Å². The van der Waals surface area contributed by atoms with Crippen molar-refractivity contribution < 1.29 is 5.11 Å². The fourth-order valence-corrected chi connectivity index (χ4v) is 2.41. The Hall–Kier alpha value is -0.550. The Kier molecular flexibility index (Phi) is 7.67. The van der Waals surface area contributed by atoms with Gasteiger partial charge in [-0.15, -0.1) is 24.8 Å². The van der Waals surface area contributed by atoms with Crippen molar-refractivity contribution in [1.29, 1.82) is 0 Å². The zero-order valence-electron chi connectivity index (χ0n) is 11.1. The van der Waals surface area contributed by atoms with E-state index in [1.807, 2.05) is 6.07 Å². The number of hydrogen-bond donors (Lipinski definition) is 3. The third-order valence-corrected chi connectivity index (χ3v) is 3.62. The first-order valence-electron chi connectivity index (χ1n) is 6.24. The molecule has 1 aliphatic carbocycles. The molecule has 1 fully saturated rings. The van der Waals surface area contributed by atoms with Crippen molar-refractivity contribution in [3.05, 3.63) is 23.9 Å². The van der Waals surface area contributed by atoms with E-state index in [0.717, 1.165) is 5.56 Å². The van der Waals surface area contributed by atoms with Crippen molar-refractivity contribution in [3.63, 3.8) is 0 Å². The number of pyridine rings is 1. The predicted molar refractivity (Wildman–Crippen MR) is 83.0 cm³/mol. The third kappa shape index (κ3) is 5.15. The molecule has 19 heavy (non-hydrogen) atoms. The smallest absolute Gasteiger partial charge is 0.123 e. The topological polar surface area (TPSA) is 71.2 Å². The molecule has 1 heterocycles. The fraction of sp³-hybridized carbons (Fsp3) is 0.615. The van der Waals surface area contributed by atoms with Crippen LogP contribution in [0.25, 0.3) is 0 Å². The third-order valence-electron chi connectivity index (χ3n) is 3.62. The Bertz CT molecular complexity index is 367. The van der Waals surface area contributed by atoms with Gasteiger partial charge < -0.3 is 16.2 Å². The zero-order chi connectivity index (χ0) is 12.3. The van der Waals surface area contributed by atoms with E-state index in [4.69, 9.17) is 5.73 Å². The molecule has 4 nitrogen and oxygen atoms in total. The molecule has 0 spiro atoms. The van der Waals surface area contributed by atoms with Crippen molar-refractivity contribution in [2.45, 2.75) is 44.2 Å². The van der Waals surface area contributed by atoms with E-state index in [1.54, 1.807) is 12.3 Å². The first-order chi connectivity index (χ1) is 8.09. The minimum Gasteiger partial charge on any atom is -0.387 e. The molecule has 1 unspecified atom stereocenters. The Labute approximate surface area is 127 Å². The van der Waals surface area contributed by atoms with E-state index in [9.17, 15) is 5.11 Å². The summed E-state index contributed by atoms with van der Waals surface area (Å²) in [5, 5.41) is 13.5. The standard InChI is InChI=1S/C13H21N3O.2ClH/c1-13(6-2-3-7-13)16-9-11(17)10-4-5-12(14)15-8-10;;/h4-5,8,11,16-17H,2-3,6-7,9H2,1H3,(H2,14,15);2*1H. The molecule has 2 rings (SSSR count). The van der Waals surface area contributed by atoms with Crippen molar-refractivity contribution in [1.82, 2.24) is 10.3 Å². The second kappa shape index (κ2) is 7.90. The first-order valence-corrected chi connectivity index (χ1v) is 6.24. The van der Waals surface area contributed by atoms with E-state index in [-0.39, 0.29) is 30.4 Å². The van der Waals surface area contributed by atoms with Gasteiger partial charge in [0.15, 0.2) is 0 Å². The predicted octanol–water partition coefficient (Wildman–Crippen LogP) is 2.46. The Morgan fingerprint density at radius 2 is 2.00 bits per heavy atom. The molecule has 0 bridgehead atoms. The molecule has 1 atom stereocenters. The highest BCUT2D eigenvalue weighted by atomic mass is 35.5. The van der Waals surface area contributed by atoms with Crippen LogP contribution in [0.2, 0.25) is 0 Å². The van der Waals surface area contributed by atoms with Gasteiger partial charge in [0, 0.05) is 23.8 Å². The summed E-state index contributed by atoms with van der Waals surface area (Å²) in [5.74, 6) is 0.483. The molecule has 0 aromatic carbocycles. The van der Waals surface area contributed by atoms with Crippen LogP contribution < -0.4 is 11.1 Å². The van der Waals surface area contributed by atoms with E-state index in [2.05, 4.69) is 17.2 Å². The van der Waals surface area contributed by atoms with Gasteiger partial charge in [-0.2, -0.15) is 0 Å². The second-order valence-electron chi connectivity index (χ2n) is 5.18. The highest BCUT2D eigenvalue weighted by Gasteiger charge is 2.28. The number of anilines is 1. The maximum absolute atomic E-state index is 10.0. The molecule has 1 saturated carbocycles. The van der Waals surface area contributed by atoms with Gasteiger partial charge in [0.05, 0.1) is 6.10 Å². The van der Waals surface area contributed by atoms with E-state index >= 15 is 0 Å². The molecule has 1 aliphatic rings. The number of aliphatic hydroxyl groups is 1. The summed E-state index contributed by atoms with van der Waals surface area (Å²) >= 11 is 0. The van der Waals surface area contributed by atoms with Crippen LogP contribution in [-0.4, -0.2) is 22.2 Å². The van der Waals surface area contributed by atoms with Gasteiger partial charge in [-0.25, -0.2) is 4.98 Å². The van der Waals surface area contributed by atoms with Gasteiger partial charge in [-0.3, -0.25) is 0 Å². The van der Waals surface area contributed by atoms with Gasteiger partial charge in [0.2, 0.25) is 0 Å². The van der Waals surface area contributed by atoms with Crippen LogP contribution >= 0.6 is 24.8 Å². The molecular formula is C13H23Cl2N3O. The van der Waals surface area contributed by atoms with Crippen LogP contribution in [0.5, 0.6) is 0 Å². The number of β-amino-alcohol motifs (C(OH)–C–C–N with tert-alkyl or cyclic N) is 1. The number of halogens is 2. The molecule has 110 valence electrons. The number of nitrogens with one attached hydrogen (secondary N) is 1. The largest absolute Gasteiger partial charge is 0.387 e. The van der Waals surface area contributed by atoms with Gasteiger partial charge in [-0.05, 0) is 25.8 Å². The Morgan fingerprint density at radius 3 is 2.53 bits per heavy atom. The van der Waals surface area contributed by atoms with Crippen molar-refractivity contribution >= 4 is 30.6 Å². The van der Waals surface area contributed by atoms with Crippen molar-refractivity contribution in [3.8, 4) is 0 Å². The van der Waals surface area contributed by atoms with E-state index in [1.165, 1.54) is 25.7 Å². The summed E-state index contributed by atoms with van der Waals surface area (Å²) in [6.45, 7) is 2.80. The van der Waals surface area contributed by atoms with E-state index in [0.29, 0.717) is 12.4 Å². The summed E-state index contributed by atoms with van der Waals surface area (Å²) in [7, 11) is 0. The number of aliphatic hydroxyl groups excluding tert-OH is 1. The highest BCUT2D eigenvalue weighted by Crippen LogP contribution is 2.29. The highest BCUT2D eigenvalue weighted by molar-refractivity contribution is 5.85. The normalized spacial score (nSPS) is 18.2. The summed E-state index contributed by atoms with van der Waals surface area (Å²) in [6, 6.07) is 3.54. The lowest BCUT2D eigenvalue weighted by atomic mass is 10.00. The molecule has 0 saturated heterocycles. The average Bonchev–Trinajstić information content (AvgIpc) is 2.75. The number of rotatable bonds is 4. The van der Waals surface area contributed by atoms with Crippen molar-refractivity contribution in [2.24, 2.45) is 0 Å². The molecule has 0 radical (unpaired) electrons. The van der Waals surface area contributed by atoms with Crippen LogP contribution in [0.3, 0.4) is 0 Å². The lowest BCUT2D eigenvalue weighted by molar-refractivity contribution is 0.158. The van der Waals surface area contributed by atoms with Crippen LogP contribution in [0.4, 0.5) is 5.82 Å². The molecule has 1 aromatic heterocycles. The monoisotopic (exact) mass is 307 g/mol. The van der Waals surface area contributed by atoms with Crippen molar-refractivity contribution in [2.75, 3.05) is 12.3 Å². The van der Waals surface area contributed by atoms with Crippen LogP contribution in [0, 0.1) is 0 Å². The number of aromatic nitrogens is 1. The van der Waals surface area contributed by atoms with Gasteiger partial charge in [0.1, 0.15) is 5.82 Å². The van der Waals surface area contributed by atoms with Gasteiger partial charge in [0.25, 0.3) is 0 Å². The summed E-state index contributed by atoms with van der Waals surface area (Å²) in [6.07, 6.45) is 6.07. The van der Waals surface area contributed by atoms with Gasteiger partial charge >= 0.3 is 0 Å². The van der Waals surface area contributed by atoms with E-state index < -0.39 is 6.10 Å². The molecular weight excluding hydrogens is 285 g/mol. The quantitative estimate of drug-likeness (QED) is 0.799. The van der Waals surface area contributed by atoms with Crippen LogP contribution in [-0.2, 0) is 0 Å². The summed E-state index contributed by atoms with van der Waals surface area (Å²) in [4.78, 5) is 3.99. The summed E-state index contributed by atoms with van der Waals surface area (Å²) in [5.41, 5.74) is 6.52. The fourth-order valence-electron chi connectivity index (χ4n) is 2.41. The number of nitrogens with two attached hydrogens (primary N) is 1. The Balaban J connectivity index is 0.00000162. The van der Waals surface area contributed by atoms with Crippen LogP contribution in [0.1, 0.15) is 44.3 Å². The average molecular weight is 308 g/mol. The molecule has 0 amide bonds. The molecule has 6 heteroatoms. The number of nitrogens with zero attached hydrogens (tertiary/aromatic N) is 1.